The number of fused-ring (bicyclic) bond motifs is 1. The van der Waals surface area contributed by atoms with Crippen LogP contribution in [0.1, 0.15) is 31.2 Å². The minimum atomic E-state index is -0.826. The van der Waals surface area contributed by atoms with Crippen molar-refractivity contribution in [2.75, 3.05) is 39.8 Å². The molecule has 1 aliphatic heterocycles. The van der Waals surface area contributed by atoms with Crippen LogP contribution in [0.3, 0.4) is 0 Å². The fraction of sp³-hybridized carbons (Fsp3) is 0.320. The van der Waals surface area contributed by atoms with Gasteiger partial charge in [-0.3, -0.25) is 9.36 Å². The molecule has 2 aromatic heterocycles. The summed E-state index contributed by atoms with van der Waals surface area (Å²) in [6.45, 7) is 3.65. The fourth-order valence-electron chi connectivity index (χ4n) is 4.02. The van der Waals surface area contributed by atoms with Crippen LogP contribution in [0, 0.1) is 0 Å². The second-order valence-electron chi connectivity index (χ2n) is 8.11. The van der Waals surface area contributed by atoms with Crippen molar-refractivity contribution in [3.05, 3.63) is 71.0 Å². The molecule has 1 aromatic carbocycles. The normalized spacial score (nSPS) is 15.4. The highest BCUT2D eigenvalue weighted by Gasteiger charge is 2.35. The first-order chi connectivity index (χ1) is 17.2. The molecule has 11 heteroatoms. The lowest BCUT2D eigenvalue weighted by molar-refractivity contribution is -0.139. The topological polar surface area (TPSA) is 95.5 Å². The predicted octanol–water partition coefficient (Wildman–Crippen LogP) is 3.24. The lowest BCUT2D eigenvalue weighted by atomic mass is 9.95. The van der Waals surface area contributed by atoms with E-state index in [1.54, 1.807) is 51.3 Å². The number of thiazole rings is 1. The van der Waals surface area contributed by atoms with Crippen LogP contribution in [0.4, 0.5) is 5.88 Å². The summed E-state index contributed by atoms with van der Waals surface area (Å²) in [6.07, 6.45) is 1.67. The molecule has 0 N–H and O–H groups in total. The van der Waals surface area contributed by atoms with E-state index in [2.05, 4.69) is 20.9 Å². The molecule has 3 aromatic rings. The van der Waals surface area contributed by atoms with Gasteiger partial charge < -0.3 is 23.5 Å². The number of ether oxygens (including phenoxy) is 3. The molecule has 0 bridgehead atoms. The van der Waals surface area contributed by atoms with E-state index in [-0.39, 0.29) is 17.7 Å². The summed E-state index contributed by atoms with van der Waals surface area (Å²) >= 11 is 4.70. The van der Waals surface area contributed by atoms with Gasteiger partial charge in [0.2, 0.25) is 5.88 Å². The number of carbonyl (C=O) groups is 1. The number of allylic oxidation sites excluding steroid dienone is 1. The van der Waals surface area contributed by atoms with Gasteiger partial charge in [-0.1, -0.05) is 11.3 Å². The summed E-state index contributed by atoms with van der Waals surface area (Å²) in [5.41, 5.74) is 0.990. The third-order valence-electron chi connectivity index (χ3n) is 5.62. The van der Waals surface area contributed by atoms with Gasteiger partial charge in [0, 0.05) is 31.8 Å². The Balaban J connectivity index is 1.99. The zero-order chi connectivity index (χ0) is 26.1. The van der Waals surface area contributed by atoms with E-state index in [1.807, 2.05) is 19.0 Å². The number of hydrogen-bond donors (Lipinski definition) is 0. The van der Waals surface area contributed by atoms with Crippen LogP contribution < -0.4 is 29.3 Å². The lowest BCUT2D eigenvalue weighted by Crippen LogP contribution is -2.40. The van der Waals surface area contributed by atoms with Crippen LogP contribution in [-0.4, -0.2) is 45.5 Å². The quantitative estimate of drug-likeness (QED) is 0.399. The monoisotopic (exact) mass is 575 g/mol. The second kappa shape index (κ2) is 10.4. The molecule has 0 unspecified atom stereocenters. The molecule has 0 radical (unpaired) electrons. The highest BCUT2D eigenvalue weighted by atomic mass is 79.9. The van der Waals surface area contributed by atoms with E-state index >= 15 is 0 Å². The highest BCUT2D eigenvalue weighted by Crippen LogP contribution is 2.38. The molecule has 0 saturated carbocycles. The number of esters is 1. The maximum atomic E-state index is 13.8. The van der Waals surface area contributed by atoms with Crippen molar-refractivity contribution in [2.45, 2.75) is 19.9 Å². The molecule has 3 heterocycles. The van der Waals surface area contributed by atoms with E-state index in [4.69, 9.17) is 18.6 Å². The third kappa shape index (κ3) is 4.60. The minimum absolute atomic E-state index is 0.184. The Morgan fingerprint density at radius 1 is 1.28 bits per heavy atom. The van der Waals surface area contributed by atoms with E-state index in [9.17, 15) is 9.59 Å². The molecule has 1 aliphatic rings. The number of carbonyl (C=O) groups excluding carboxylic acids is 1. The van der Waals surface area contributed by atoms with Crippen molar-refractivity contribution in [1.82, 2.24) is 4.57 Å². The third-order valence-corrected chi connectivity index (χ3v) is 7.17. The summed E-state index contributed by atoms with van der Waals surface area (Å²) in [4.78, 5) is 33.8. The average molecular weight is 576 g/mol. The van der Waals surface area contributed by atoms with E-state index in [0.29, 0.717) is 43.7 Å². The van der Waals surface area contributed by atoms with Gasteiger partial charge in [-0.05, 0) is 48.0 Å². The molecule has 0 spiro atoms. The van der Waals surface area contributed by atoms with Gasteiger partial charge in [-0.25, -0.2) is 9.79 Å². The van der Waals surface area contributed by atoms with Gasteiger partial charge >= 0.3 is 5.97 Å². The first kappa shape index (κ1) is 25.8. The average Bonchev–Trinajstić information content (AvgIpc) is 3.36. The Morgan fingerprint density at radius 2 is 2.03 bits per heavy atom. The molecule has 190 valence electrons. The summed E-state index contributed by atoms with van der Waals surface area (Å²) in [5, 5.41) is 0. The van der Waals surface area contributed by atoms with Crippen LogP contribution in [0.2, 0.25) is 0 Å². The molecule has 9 nitrogen and oxygen atoms in total. The Hall–Kier alpha value is -3.31. The molecular weight excluding hydrogens is 550 g/mol. The maximum Gasteiger partial charge on any atom is 0.338 e. The molecule has 0 amide bonds. The number of methoxy groups -OCH3 is 2. The number of aromatic nitrogens is 1. The Labute approximate surface area is 220 Å². The largest absolute Gasteiger partial charge is 0.497 e. The number of hydrogen-bond acceptors (Lipinski definition) is 9. The number of nitrogens with zero attached hydrogens (tertiary/aromatic N) is 3. The fourth-order valence-corrected chi connectivity index (χ4v) is 5.71. The van der Waals surface area contributed by atoms with Crippen molar-refractivity contribution in [3.63, 3.8) is 0 Å². The molecule has 4 rings (SSSR count). The SMILES string of the molecule is CCOC(=O)C1=C(C)N=c2s/c(=C/c3cc(Br)c(N(C)C)o3)c(=O)n2[C@H]1c1cc(OC)ccc1OC. The number of benzene rings is 1. The summed E-state index contributed by atoms with van der Waals surface area (Å²) < 4.78 is 25.0. The van der Waals surface area contributed by atoms with Crippen molar-refractivity contribution in [3.8, 4) is 11.5 Å². The van der Waals surface area contributed by atoms with Gasteiger partial charge in [0.15, 0.2) is 4.80 Å². The Kier molecular flexibility index (Phi) is 7.41. The predicted molar refractivity (Wildman–Crippen MR) is 141 cm³/mol. The van der Waals surface area contributed by atoms with Gasteiger partial charge in [0.05, 0.1) is 41.1 Å². The smallest absolute Gasteiger partial charge is 0.338 e. The molecule has 0 fully saturated rings. The van der Waals surface area contributed by atoms with Gasteiger partial charge in [0.1, 0.15) is 23.3 Å². The summed E-state index contributed by atoms with van der Waals surface area (Å²) in [5.74, 6) is 1.65. The van der Waals surface area contributed by atoms with Gasteiger partial charge in [-0.15, -0.1) is 0 Å². The van der Waals surface area contributed by atoms with Crippen LogP contribution in [0.5, 0.6) is 11.5 Å². The summed E-state index contributed by atoms with van der Waals surface area (Å²) in [6, 6.07) is 6.22. The number of furan rings is 1. The van der Waals surface area contributed by atoms with E-state index in [1.165, 1.54) is 23.0 Å². The molecule has 0 aliphatic carbocycles. The molecule has 1 atom stereocenters. The standard InChI is InChI=1S/C25H26BrN3O6S/c1-7-34-24(31)20-13(2)27-25-29(21(20)16-10-14(32-5)8-9-18(16)33-6)22(30)19(36-25)12-15-11-17(26)23(35-15)28(3)4/h8-12,21H,7H2,1-6H3/b19-12+/t21-/m0/s1. The van der Waals surface area contributed by atoms with Crippen LogP contribution >= 0.6 is 27.3 Å². The van der Waals surface area contributed by atoms with Crippen molar-refractivity contribution >= 4 is 45.2 Å². The summed E-state index contributed by atoms with van der Waals surface area (Å²) in [7, 11) is 6.81. The minimum Gasteiger partial charge on any atom is -0.497 e. The zero-order valence-corrected chi connectivity index (χ0v) is 23.2. The van der Waals surface area contributed by atoms with Crippen LogP contribution in [-0.2, 0) is 9.53 Å². The number of halogens is 1. The van der Waals surface area contributed by atoms with Gasteiger partial charge in [0.25, 0.3) is 5.56 Å². The molecular formula is C25H26BrN3O6S. The van der Waals surface area contributed by atoms with Crippen molar-refractivity contribution in [1.29, 1.82) is 0 Å². The first-order valence-electron chi connectivity index (χ1n) is 11.1. The van der Waals surface area contributed by atoms with E-state index in [0.717, 1.165) is 4.47 Å². The first-order valence-corrected chi connectivity index (χ1v) is 12.7. The molecule has 36 heavy (non-hydrogen) atoms. The van der Waals surface area contributed by atoms with Crippen LogP contribution in [0.15, 0.2) is 54.2 Å². The zero-order valence-electron chi connectivity index (χ0n) is 20.7. The lowest BCUT2D eigenvalue weighted by Gasteiger charge is -2.26. The van der Waals surface area contributed by atoms with Crippen LogP contribution in [0.25, 0.3) is 6.08 Å². The van der Waals surface area contributed by atoms with Crippen molar-refractivity contribution < 1.29 is 23.4 Å². The Bertz CT molecular complexity index is 1530. The van der Waals surface area contributed by atoms with E-state index < -0.39 is 12.0 Å². The van der Waals surface area contributed by atoms with Crippen molar-refractivity contribution in [2.24, 2.45) is 4.99 Å². The number of anilines is 1. The maximum absolute atomic E-state index is 13.8. The second-order valence-corrected chi connectivity index (χ2v) is 9.97. The Morgan fingerprint density at radius 3 is 2.64 bits per heavy atom. The molecule has 0 saturated heterocycles. The number of rotatable bonds is 7. The highest BCUT2D eigenvalue weighted by molar-refractivity contribution is 9.10. The van der Waals surface area contributed by atoms with Gasteiger partial charge in [-0.2, -0.15) is 0 Å².